The van der Waals surface area contributed by atoms with Crippen LogP contribution in [0, 0.1) is 17.8 Å². The predicted molar refractivity (Wildman–Crippen MR) is 182 cm³/mol. The Morgan fingerprint density at radius 1 is 0.979 bits per heavy atom. The molecule has 2 aliphatic carbocycles. The summed E-state index contributed by atoms with van der Waals surface area (Å²) in [6, 6.07) is 11.6. The molecule has 2 aromatic carbocycles. The molecule has 7 rings (SSSR count). The second-order valence-electron chi connectivity index (χ2n) is 13.2. The fourth-order valence-electron chi connectivity index (χ4n) is 8.63. The van der Waals surface area contributed by atoms with Gasteiger partial charge < -0.3 is 9.84 Å². The van der Waals surface area contributed by atoms with Crippen molar-refractivity contribution >= 4 is 78.7 Å². The molecule has 1 saturated carbocycles. The van der Waals surface area contributed by atoms with Gasteiger partial charge in [-0.1, -0.05) is 42.0 Å². The molecule has 248 valence electrons. The average Bonchev–Trinajstić information content (AvgIpc) is 3.40. The molecule has 4 fully saturated rings. The minimum Gasteiger partial charge on any atom is -0.503 e. The van der Waals surface area contributed by atoms with Crippen LogP contribution in [0.2, 0.25) is 0 Å². The van der Waals surface area contributed by atoms with Crippen LogP contribution < -0.4 is 4.74 Å². The highest BCUT2D eigenvalue weighted by atomic mass is 79.9. The van der Waals surface area contributed by atoms with E-state index < -0.39 is 45.2 Å². The van der Waals surface area contributed by atoms with E-state index in [1.165, 1.54) is 24.6 Å². The molecule has 1 N–H and O–H groups in total. The lowest BCUT2D eigenvalue weighted by atomic mass is 9.56. The van der Waals surface area contributed by atoms with Gasteiger partial charge in [0.05, 0.1) is 23.4 Å². The van der Waals surface area contributed by atoms with Crippen molar-refractivity contribution in [3.8, 4) is 11.5 Å². The van der Waals surface area contributed by atoms with E-state index >= 15 is 0 Å². The number of imide groups is 2. The van der Waals surface area contributed by atoms with E-state index in [9.17, 15) is 24.3 Å². The number of carbonyl (C=O) groups excluding carboxylic acids is 4. The summed E-state index contributed by atoms with van der Waals surface area (Å²) >= 11 is 21.6. The quantitative estimate of drug-likeness (QED) is 0.239. The van der Waals surface area contributed by atoms with Crippen molar-refractivity contribution in [1.29, 1.82) is 0 Å². The number of nitrogens with zero attached hydrogens (tertiary/aromatic N) is 3. The monoisotopic (exact) mass is 807 g/mol. The van der Waals surface area contributed by atoms with Crippen LogP contribution in [-0.4, -0.2) is 86.5 Å². The maximum Gasteiger partial charge on any atom is 0.253 e. The molecule has 3 aliphatic heterocycles. The molecule has 47 heavy (non-hydrogen) atoms. The van der Waals surface area contributed by atoms with Crippen LogP contribution in [0.15, 0.2) is 57.0 Å². The standard InChI is InChI=1S/C34H33Br2Cl2N3O6/c1-39-31(45)33(37)15-22-19(25(34(33,38)32(39)46)21-14-23(47-2)28(42)27(36)26(21)35)8-9-20-24(22)30(44)41(29(20)43)18-10-12-40(13-11-18)16-17-6-4-3-5-7-17/h3-8,14,18,20,22,24-25,42H,9-13,15-16H2,1-2H3/t20-,22+,24-,25+,33+,34-/m0/s1. The van der Waals surface area contributed by atoms with Gasteiger partial charge >= 0.3 is 0 Å². The van der Waals surface area contributed by atoms with E-state index in [0.717, 1.165) is 24.5 Å². The number of allylic oxidation sites excluding steroid dienone is 2. The number of phenolic OH excluding ortho intramolecular Hbond substituents is 1. The number of aromatic hydroxyl groups is 1. The maximum absolute atomic E-state index is 14.4. The molecule has 3 heterocycles. The molecule has 0 unspecified atom stereocenters. The Labute approximate surface area is 299 Å². The molecule has 9 nitrogen and oxygen atoms in total. The zero-order valence-corrected chi connectivity index (χ0v) is 30.4. The van der Waals surface area contributed by atoms with Gasteiger partial charge in [0.25, 0.3) is 11.8 Å². The van der Waals surface area contributed by atoms with E-state index in [-0.39, 0.29) is 46.7 Å². The summed E-state index contributed by atoms with van der Waals surface area (Å²) in [5.41, 5.74) is 2.35. The third-order valence-corrected chi connectivity index (χ3v) is 14.5. The lowest BCUT2D eigenvalue weighted by Crippen LogP contribution is -2.60. The zero-order chi connectivity index (χ0) is 33.6. The van der Waals surface area contributed by atoms with Gasteiger partial charge in [-0.2, -0.15) is 0 Å². The minimum absolute atomic E-state index is 0.0765. The fraction of sp³-hybridized carbons (Fsp3) is 0.471. The number of hydrogen-bond acceptors (Lipinski definition) is 7. The maximum atomic E-state index is 14.4. The van der Waals surface area contributed by atoms with Gasteiger partial charge in [0.1, 0.15) is 0 Å². The van der Waals surface area contributed by atoms with Crippen molar-refractivity contribution < 1.29 is 29.0 Å². The number of phenols is 1. The first kappa shape index (κ1) is 33.1. The molecule has 13 heteroatoms. The highest BCUT2D eigenvalue weighted by Crippen LogP contribution is 2.66. The minimum atomic E-state index is -1.95. The third kappa shape index (κ3) is 4.70. The van der Waals surface area contributed by atoms with Crippen LogP contribution in [0.25, 0.3) is 0 Å². The molecular weight excluding hydrogens is 777 g/mol. The van der Waals surface area contributed by atoms with Crippen LogP contribution in [0.3, 0.4) is 0 Å². The van der Waals surface area contributed by atoms with Gasteiger partial charge in [0, 0.05) is 43.1 Å². The van der Waals surface area contributed by atoms with Gasteiger partial charge in [-0.15, -0.1) is 23.2 Å². The van der Waals surface area contributed by atoms with Gasteiger partial charge in [0.2, 0.25) is 11.8 Å². The van der Waals surface area contributed by atoms with Crippen LogP contribution in [0.5, 0.6) is 11.5 Å². The van der Waals surface area contributed by atoms with Crippen molar-refractivity contribution in [3.05, 3.63) is 68.1 Å². The molecule has 0 radical (unpaired) electrons. The molecule has 0 bridgehead atoms. The molecule has 3 saturated heterocycles. The Balaban J connectivity index is 1.25. The molecule has 2 aromatic rings. The summed E-state index contributed by atoms with van der Waals surface area (Å²) in [5, 5.41) is 10.7. The number of methoxy groups -OCH3 is 1. The number of fused-ring (bicyclic) bond motifs is 4. The Morgan fingerprint density at radius 3 is 2.32 bits per heavy atom. The number of likely N-dealkylation sites (tertiary alicyclic amines) is 3. The lowest BCUT2D eigenvalue weighted by molar-refractivity contribution is -0.144. The first-order chi connectivity index (χ1) is 22.3. The van der Waals surface area contributed by atoms with E-state index in [1.54, 1.807) is 6.07 Å². The number of alkyl halides is 2. The second kappa shape index (κ2) is 11.9. The van der Waals surface area contributed by atoms with Crippen molar-refractivity contribution in [1.82, 2.24) is 14.7 Å². The summed E-state index contributed by atoms with van der Waals surface area (Å²) in [6.07, 6.45) is 3.47. The number of piperidine rings is 1. The normalized spacial score (nSPS) is 32.8. The van der Waals surface area contributed by atoms with Crippen LogP contribution >= 0.6 is 55.1 Å². The summed E-state index contributed by atoms with van der Waals surface area (Å²) in [6.45, 7) is 2.33. The van der Waals surface area contributed by atoms with Gasteiger partial charge in [-0.05, 0) is 80.7 Å². The number of benzene rings is 2. The van der Waals surface area contributed by atoms with Gasteiger partial charge in [-0.3, -0.25) is 33.9 Å². The van der Waals surface area contributed by atoms with Crippen LogP contribution in [0.1, 0.15) is 42.7 Å². The van der Waals surface area contributed by atoms with Crippen LogP contribution in [0.4, 0.5) is 0 Å². The first-order valence-electron chi connectivity index (χ1n) is 15.6. The van der Waals surface area contributed by atoms with Gasteiger partial charge in [-0.25, -0.2) is 0 Å². The van der Waals surface area contributed by atoms with E-state index in [0.29, 0.717) is 28.5 Å². The number of hydrogen-bond donors (Lipinski definition) is 1. The van der Waals surface area contributed by atoms with Crippen molar-refractivity contribution in [2.24, 2.45) is 17.8 Å². The van der Waals surface area contributed by atoms with E-state index in [2.05, 4.69) is 48.9 Å². The summed E-state index contributed by atoms with van der Waals surface area (Å²) < 4.78 is 6.11. The van der Waals surface area contributed by atoms with Crippen molar-refractivity contribution in [2.45, 2.75) is 53.9 Å². The summed E-state index contributed by atoms with van der Waals surface area (Å²) in [7, 11) is 2.75. The third-order valence-electron chi connectivity index (χ3n) is 10.9. The largest absolute Gasteiger partial charge is 0.503 e. The highest BCUT2D eigenvalue weighted by molar-refractivity contribution is 9.13. The highest BCUT2D eigenvalue weighted by Gasteiger charge is 2.76. The number of ether oxygens (including phenoxy) is 1. The van der Waals surface area contributed by atoms with Crippen LogP contribution in [-0.2, 0) is 25.7 Å². The SMILES string of the molecule is COc1cc([C@H]2C3=CC[C@@H]4C(=O)N(C5CCN(Cc6ccccc6)CC5)C(=O)[C@@H]4[C@@H]3C[C@@]3(Cl)C(=O)N(C)C(=O)[C@@]23Cl)c(Br)c(Br)c1O. The molecule has 4 amide bonds. The Hall–Kier alpha value is -2.44. The first-order valence-corrected chi connectivity index (χ1v) is 18.0. The molecular formula is C34H33Br2Cl2N3O6. The summed E-state index contributed by atoms with van der Waals surface area (Å²) in [4.78, 5) is 57.1. The van der Waals surface area contributed by atoms with Gasteiger partial charge in [0.15, 0.2) is 21.2 Å². The van der Waals surface area contributed by atoms with Crippen molar-refractivity contribution in [3.63, 3.8) is 0 Å². The summed E-state index contributed by atoms with van der Waals surface area (Å²) in [5.74, 6) is -4.76. The molecule has 5 aliphatic rings. The zero-order valence-electron chi connectivity index (χ0n) is 25.7. The predicted octanol–water partition coefficient (Wildman–Crippen LogP) is 5.58. The number of amides is 4. The molecule has 6 atom stereocenters. The Bertz CT molecular complexity index is 1730. The smallest absolute Gasteiger partial charge is 0.253 e. The fourth-order valence-corrected chi connectivity index (χ4v) is 10.6. The molecule has 0 aromatic heterocycles. The number of rotatable bonds is 5. The van der Waals surface area contributed by atoms with Crippen molar-refractivity contribution in [2.75, 3.05) is 27.2 Å². The molecule has 0 spiro atoms. The average molecular weight is 810 g/mol. The lowest BCUT2D eigenvalue weighted by Gasteiger charge is -2.51. The topological polar surface area (TPSA) is 107 Å². The Kier molecular flexibility index (Phi) is 8.35. The van der Waals surface area contributed by atoms with E-state index in [1.807, 2.05) is 24.3 Å². The van der Waals surface area contributed by atoms with E-state index in [4.69, 9.17) is 27.9 Å². The Morgan fingerprint density at radius 2 is 1.66 bits per heavy atom. The second-order valence-corrected chi connectivity index (χ2v) is 16.0. The number of carbonyl (C=O) groups is 4. The number of halogens is 4.